The highest BCUT2D eigenvalue weighted by atomic mass is 16.2. The lowest BCUT2D eigenvalue weighted by Gasteiger charge is -2.36. The average molecular weight is 404 g/mol. The number of hydrogen-bond acceptors (Lipinski definition) is 4. The molecule has 0 bridgehead atoms. The van der Waals surface area contributed by atoms with Gasteiger partial charge in [0.2, 0.25) is 11.8 Å². The maximum absolute atomic E-state index is 12.9. The molecule has 156 valence electrons. The van der Waals surface area contributed by atoms with Crippen LogP contribution in [0.3, 0.4) is 0 Å². The van der Waals surface area contributed by atoms with E-state index in [1.165, 1.54) is 10.5 Å². The van der Waals surface area contributed by atoms with Crippen LogP contribution in [0.2, 0.25) is 0 Å². The monoisotopic (exact) mass is 403 g/mol. The molecule has 2 heterocycles. The van der Waals surface area contributed by atoms with Gasteiger partial charge >= 0.3 is 0 Å². The van der Waals surface area contributed by atoms with Gasteiger partial charge in [0, 0.05) is 39.3 Å². The fourth-order valence-electron chi connectivity index (χ4n) is 4.23. The van der Waals surface area contributed by atoms with Crippen molar-refractivity contribution in [3.8, 4) is 0 Å². The summed E-state index contributed by atoms with van der Waals surface area (Å²) in [6.45, 7) is 4.87. The third-order valence-electron chi connectivity index (χ3n) is 6.01. The molecule has 5 heteroatoms. The number of benzene rings is 2. The van der Waals surface area contributed by atoms with E-state index in [0.29, 0.717) is 19.4 Å². The number of carbonyl (C=O) groups is 2. The van der Waals surface area contributed by atoms with Crippen LogP contribution in [-0.4, -0.2) is 71.8 Å². The number of amides is 2. The molecule has 0 aromatic heterocycles. The molecule has 1 atom stereocenters. The van der Waals surface area contributed by atoms with E-state index in [0.717, 1.165) is 38.3 Å². The molecule has 30 heavy (non-hydrogen) atoms. The van der Waals surface area contributed by atoms with Crippen molar-refractivity contribution >= 4 is 17.9 Å². The second-order valence-corrected chi connectivity index (χ2v) is 7.99. The summed E-state index contributed by atoms with van der Waals surface area (Å²) in [7, 11) is 0. The first kappa shape index (κ1) is 20.5. The topological polar surface area (TPSA) is 43.9 Å². The number of piperazine rings is 1. The van der Waals surface area contributed by atoms with E-state index in [9.17, 15) is 9.59 Å². The fraction of sp³-hybridized carbons (Fsp3) is 0.360. The first-order valence-corrected chi connectivity index (χ1v) is 10.8. The molecule has 2 aliphatic heterocycles. The highest BCUT2D eigenvalue weighted by Crippen LogP contribution is 2.21. The molecule has 0 saturated carbocycles. The lowest BCUT2D eigenvalue weighted by molar-refractivity contribution is -0.139. The van der Waals surface area contributed by atoms with Crippen LogP contribution >= 0.6 is 0 Å². The van der Waals surface area contributed by atoms with E-state index >= 15 is 0 Å². The van der Waals surface area contributed by atoms with Crippen molar-refractivity contribution in [3.63, 3.8) is 0 Å². The Morgan fingerprint density at radius 2 is 1.53 bits per heavy atom. The molecule has 0 aliphatic carbocycles. The molecule has 2 fully saturated rings. The predicted molar refractivity (Wildman–Crippen MR) is 119 cm³/mol. The molecule has 0 N–H and O–H groups in total. The molecule has 0 spiro atoms. The Kier molecular flexibility index (Phi) is 6.72. The SMILES string of the molecule is O=C1C[C@@H](N2CCN(C/C=C\c3ccccc3)CC2)C(=O)N1CCc1ccccc1. The number of likely N-dealkylation sites (tertiary alicyclic amines) is 1. The highest BCUT2D eigenvalue weighted by molar-refractivity contribution is 6.05. The van der Waals surface area contributed by atoms with Crippen LogP contribution in [0, 0.1) is 0 Å². The third-order valence-corrected chi connectivity index (χ3v) is 6.01. The van der Waals surface area contributed by atoms with E-state index in [2.05, 4.69) is 34.1 Å². The zero-order valence-corrected chi connectivity index (χ0v) is 17.3. The molecule has 4 rings (SSSR count). The Labute approximate surface area is 178 Å². The largest absolute Gasteiger partial charge is 0.297 e. The van der Waals surface area contributed by atoms with E-state index in [1.54, 1.807) is 0 Å². The maximum Gasteiger partial charge on any atom is 0.247 e. The zero-order chi connectivity index (χ0) is 20.8. The first-order chi connectivity index (χ1) is 14.7. The van der Waals surface area contributed by atoms with Crippen LogP contribution in [0.5, 0.6) is 0 Å². The lowest BCUT2D eigenvalue weighted by atomic mass is 10.1. The van der Waals surface area contributed by atoms with Gasteiger partial charge in [0.25, 0.3) is 0 Å². The minimum absolute atomic E-state index is 0.0200. The van der Waals surface area contributed by atoms with Crippen LogP contribution in [-0.2, 0) is 16.0 Å². The highest BCUT2D eigenvalue weighted by Gasteiger charge is 2.42. The first-order valence-electron chi connectivity index (χ1n) is 10.8. The Hall–Kier alpha value is -2.76. The van der Waals surface area contributed by atoms with Crippen LogP contribution in [0.4, 0.5) is 0 Å². The van der Waals surface area contributed by atoms with Crippen LogP contribution in [0.25, 0.3) is 6.08 Å². The van der Waals surface area contributed by atoms with Gasteiger partial charge in [0.05, 0.1) is 12.5 Å². The van der Waals surface area contributed by atoms with Gasteiger partial charge in [-0.2, -0.15) is 0 Å². The summed E-state index contributed by atoms with van der Waals surface area (Å²) in [6.07, 6.45) is 5.38. The minimum atomic E-state index is -0.282. The average Bonchev–Trinajstić information content (AvgIpc) is 3.07. The summed E-state index contributed by atoms with van der Waals surface area (Å²) < 4.78 is 0. The van der Waals surface area contributed by atoms with Gasteiger partial charge in [-0.1, -0.05) is 72.8 Å². The van der Waals surface area contributed by atoms with Gasteiger partial charge in [-0.05, 0) is 17.5 Å². The molecule has 2 saturated heterocycles. The third kappa shape index (κ3) is 5.04. The molecule has 2 aromatic rings. The summed E-state index contributed by atoms with van der Waals surface area (Å²) in [6, 6.07) is 20.0. The van der Waals surface area contributed by atoms with Gasteiger partial charge in [0.1, 0.15) is 0 Å². The molecule has 0 radical (unpaired) electrons. The van der Waals surface area contributed by atoms with Crippen molar-refractivity contribution in [3.05, 3.63) is 77.9 Å². The molecule has 2 aliphatic rings. The van der Waals surface area contributed by atoms with Crippen LogP contribution in [0.15, 0.2) is 66.7 Å². The van der Waals surface area contributed by atoms with Crippen molar-refractivity contribution in [1.82, 2.24) is 14.7 Å². The standard InChI is InChI=1S/C25H29N3O2/c29-24-20-23(25(30)28(24)15-13-22-10-5-2-6-11-22)27-18-16-26(17-19-27)14-7-12-21-8-3-1-4-9-21/h1-12,23H,13-20H2/b12-7-/t23-/m1/s1. The van der Waals surface area contributed by atoms with E-state index in [-0.39, 0.29) is 17.9 Å². The number of nitrogens with zero attached hydrogens (tertiary/aromatic N) is 3. The molecule has 2 aromatic carbocycles. The van der Waals surface area contributed by atoms with Gasteiger partial charge in [0.15, 0.2) is 0 Å². The number of imide groups is 1. The molecular weight excluding hydrogens is 374 g/mol. The minimum Gasteiger partial charge on any atom is -0.297 e. The Morgan fingerprint density at radius 1 is 0.867 bits per heavy atom. The molecular formula is C25H29N3O2. The van der Waals surface area contributed by atoms with Crippen molar-refractivity contribution in [2.75, 3.05) is 39.3 Å². The lowest BCUT2D eigenvalue weighted by Crippen LogP contribution is -2.52. The van der Waals surface area contributed by atoms with Crippen molar-refractivity contribution < 1.29 is 9.59 Å². The summed E-state index contributed by atoms with van der Waals surface area (Å²) in [5.41, 5.74) is 2.36. The maximum atomic E-state index is 12.9. The van der Waals surface area contributed by atoms with Gasteiger partial charge in [-0.3, -0.25) is 24.3 Å². The Bertz CT molecular complexity index is 874. The molecule has 2 amide bonds. The second kappa shape index (κ2) is 9.83. The quantitative estimate of drug-likeness (QED) is 0.667. The summed E-state index contributed by atoms with van der Waals surface area (Å²) in [4.78, 5) is 31.4. The Morgan fingerprint density at radius 3 is 2.23 bits per heavy atom. The fourth-order valence-corrected chi connectivity index (χ4v) is 4.23. The number of carbonyl (C=O) groups excluding carboxylic acids is 2. The molecule has 0 unspecified atom stereocenters. The van der Waals surface area contributed by atoms with Crippen LogP contribution in [0.1, 0.15) is 17.5 Å². The smallest absolute Gasteiger partial charge is 0.247 e. The number of rotatable bonds is 7. The van der Waals surface area contributed by atoms with Crippen molar-refractivity contribution in [1.29, 1.82) is 0 Å². The van der Waals surface area contributed by atoms with Gasteiger partial charge < -0.3 is 0 Å². The van der Waals surface area contributed by atoms with E-state index in [1.807, 2.05) is 48.5 Å². The zero-order valence-electron chi connectivity index (χ0n) is 17.3. The summed E-state index contributed by atoms with van der Waals surface area (Å²) in [5, 5.41) is 0. The van der Waals surface area contributed by atoms with E-state index in [4.69, 9.17) is 0 Å². The summed E-state index contributed by atoms with van der Waals surface area (Å²) in [5.74, 6) is -0.0532. The summed E-state index contributed by atoms with van der Waals surface area (Å²) >= 11 is 0. The van der Waals surface area contributed by atoms with Crippen molar-refractivity contribution in [2.24, 2.45) is 0 Å². The van der Waals surface area contributed by atoms with Gasteiger partial charge in [-0.15, -0.1) is 0 Å². The predicted octanol–water partition coefficient (Wildman–Crippen LogP) is 2.69. The normalized spacial score (nSPS) is 21.1. The van der Waals surface area contributed by atoms with Crippen LogP contribution < -0.4 is 0 Å². The van der Waals surface area contributed by atoms with Crippen molar-refractivity contribution in [2.45, 2.75) is 18.9 Å². The number of hydrogen-bond donors (Lipinski definition) is 0. The molecule has 5 nitrogen and oxygen atoms in total. The second-order valence-electron chi connectivity index (χ2n) is 7.99. The van der Waals surface area contributed by atoms with Gasteiger partial charge in [-0.25, -0.2) is 0 Å². The van der Waals surface area contributed by atoms with E-state index < -0.39 is 0 Å². The Balaban J connectivity index is 1.25.